The summed E-state index contributed by atoms with van der Waals surface area (Å²) >= 11 is 0. The second kappa shape index (κ2) is 8.90. The standard InChI is InChI=1S/C23H26N2O5/c1-5-29-23(28)22-21(24-13-15(4)26)19-12-17(27)8-11-20(19)25(22)16-6-9-18(10-7-16)30-14(2)3/h6-12,14,24,27H,5,13H2,1-4H3. The first kappa shape index (κ1) is 21.2. The monoisotopic (exact) mass is 410 g/mol. The maximum Gasteiger partial charge on any atom is 0.357 e. The maximum atomic E-state index is 12.9. The van der Waals surface area contributed by atoms with Crippen molar-refractivity contribution in [2.75, 3.05) is 18.5 Å². The van der Waals surface area contributed by atoms with Crippen molar-refractivity contribution in [2.24, 2.45) is 0 Å². The van der Waals surface area contributed by atoms with Gasteiger partial charge < -0.3 is 24.5 Å². The minimum Gasteiger partial charge on any atom is -0.508 e. The lowest BCUT2D eigenvalue weighted by molar-refractivity contribution is -0.115. The van der Waals surface area contributed by atoms with Crippen LogP contribution in [-0.4, -0.2) is 40.7 Å². The number of esters is 1. The Balaban J connectivity index is 2.24. The molecule has 3 rings (SSSR count). The van der Waals surface area contributed by atoms with Gasteiger partial charge in [-0.25, -0.2) is 4.79 Å². The lowest BCUT2D eigenvalue weighted by Crippen LogP contribution is -2.16. The number of aromatic nitrogens is 1. The van der Waals surface area contributed by atoms with Crippen molar-refractivity contribution in [1.29, 1.82) is 0 Å². The number of fused-ring (bicyclic) bond motifs is 1. The number of phenolic OH excluding ortho intramolecular Hbond substituents is 1. The number of hydrogen-bond donors (Lipinski definition) is 2. The number of phenols is 1. The third kappa shape index (κ3) is 4.40. The Bertz CT molecular complexity index is 1070. The molecule has 158 valence electrons. The highest BCUT2D eigenvalue weighted by Crippen LogP contribution is 2.36. The maximum absolute atomic E-state index is 12.9. The van der Waals surface area contributed by atoms with Gasteiger partial charge in [0.25, 0.3) is 0 Å². The van der Waals surface area contributed by atoms with Crippen molar-refractivity contribution in [3.8, 4) is 17.2 Å². The van der Waals surface area contributed by atoms with E-state index in [9.17, 15) is 14.7 Å². The van der Waals surface area contributed by atoms with Gasteiger partial charge in [0.15, 0.2) is 5.69 Å². The number of rotatable bonds is 8. The number of anilines is 1. The quantitative estimate of drug-likeness (QED) is 0.538. The van der Waals surface area contributed by atoms with Gasteiger partial charge in [-0.3, -0.25) is 4.79 Å². The van der Waals surface area contributed by atoms with E-state index in [1.54, 1.807) is 29.7 Å². The van der Waals surface area contributed by atoms with Crippen LogP contribution in [0.3, 0.4) is 0 Å². The molecule has 1 aromatic heterocycles. The molecule has 7 nitrogen and oxygen atoms in total. The molecule has 0 radical (unpaired) electrons. The van der Waals surface area contributed by atoms with Crippen LogP contribution in [-0.2, 0) is 9.53 Å². The molecule has 0 atom stereocenters. The zero-order valence-corrected chi connectivity index (χ0v) is 17.6. The highest BCUT2D eigenvalue weighted by Gasteiger charge is 2.25. The second-order valence-electron chi connectivity index (χ2n) is 7.20. The summed E-state index contributed by atoms with van der Waals surface area (Å²) in [5.74, 6) is 0.167. The zero-order chi connectivity index (χ0) is 21.8. The van der Waals surface area contributed by atoms with Gasteiger partial charge in [-0.1, -0.05) is 0 Å². The minimum atomic E-state index is -0.526. The summed E-state index contributed by atoms with van der Waals surface area (Å²) in [6.45, 7) is 7.34. The Morgan fingerprint density at radius 2 is 1.83 bits per heavy atom. The normalized spacial score (nSPS) is 11.0. The smallest absolute Gasteiger partial charge is 0.357 e. The number of carbonyl (C=O) groups excluding carboxylic acids is 2. The van der Waals surface area contributed by atoms with Crippen LogP contribution < -0.4 is 10.1 Å². The predicted molar refractivity (Wildman–Crippen MR) is 116 cm³/mol. The van der Waals surface area contributed by atoms with E-state index in [1.165, 1.54) is 6.92 Å². The fraction of sp³-hybridized carbons (Fsp3) is 0.304. The molecule has 0 saturated heterocycles. The lowest BCUT2D eigenvalue weighted by Gasteiger charge is -2.14. The lowest BCUT2D eigenvalue weighted by atomic mass is 10.2. The van der Waals surface area contributed by atoms with Gasteiger partial charge >= 0.3 is 5.97 Å². The third-order valence-corrected chi connectivity index (χ3v) is 4.40. The molecule has 0 amide bonds. The van der Waals surface area contributed by atoms with Crippen molar-refractivity contribution in [1.82, 2.24) is 4.57 Å². The number of ketones is 1. The van der Waals surface area contributed by atoms with Gasteiger partial charge in [0.2, 0.25) is 0 Å². The molecule has 3 aromatic rings. The summed E-state index contributed by atoms with van der Waals surface area (Å²) in [6, 6.07) is 12.2. The van der Waals surface area contributed by atoms with Crippen LogP contribution in [0, 0.1) is 0 Å². The summed E-state index contributed by atoms with van der Waals surface area (Å²) in [4.78, 5) is 24.5. The van der Waals surface area contributed by atoms with Gasteiger partial charge in [-0.2, -0.15) is 0 Å². The highest BCUT2D eigenvalue weighted by molar-refractivity contribution is 6.09. The first-order valence-corrected chi connectivity index (χ1v) is 9.86. The molecule has 0 unspecified atom stereocenters. The number of Topliss-reactive ketones (excluding diaryl/α,β-unsaturated/α-hetero) is 1. The van der Waals surface area contributed by atoms with Gasteiger partial charge in [0, 0.05) is 11.1 Å². The van der Waals surface area contributed by atoms with Crippen LogP contribution in [0.1, 0.15) is 38.2 Å². The van der Waals surface area contributed by atoms with Crippen LogP contribution in [0.25, 0.3) is 16.6 Å². The molecule has 0 fully saturated rings. The fourth-order valence-electron chi connectivity index (χ4n) is 3.28. The second-order valence-corrected chi connectivity index (χ2v) is 7.20. The summed E-state index contributed by atoms with van der Waals surface area (Å²) in [6.07, 6.45) is 0.0451. The highest BCUT2D eigenvalue weighted by atomic mass is 16.5. The Hall–Kier alpha value is -3.48. The van der Waals surface area contributed by atoms with Gasteiger partial charge in [0.05, 0.1) is 30.5 Å². The number of nitrogens with one attached hydrogen (secondary N) is 1. The van der Waals surface area contributed by atoms with E-state index in [0.717, 1.165) is 11.4 Å². The van der Waals surface area contributed by atoms with E-state index >= 15 is 0 Å². The van der Waals surface area contributed by atoms with Crippen LogP contribution in [0.4, 0.5) is 5.69 Å². The minimum absolute atomic E-state index is 0.0440. The van der Waals surface area contributed by atoms with Crippen molar-refractivity contribution in [2.45, 2.75) is 33.8 Å². The molecule has 0 aliphatic carbocycles. The van der Waals surface area contributed by atoms with Gasteiger partial charge in [0.1, 0.15) is 17.3 Å². The van der Waals surface area contributed by atoms with E-state index in [4.69, 9.17) is 9.47 Å². The first-order valence-electron chi connectivity index (χ1n) is 9.86. The number of ether oxygens (including phenoxy) is 2. The average molecular weight is 410 g/mol. The van der Waals surface area contributed by atoms with E-state index in [-0.39, 0.29) is 36.5 Å². The Labute approximate surface area is 175 Å². The third-order valence-electron chi connectivity index (χ3n) is 4.40. The summed E-state index contributed by atoms with van der Waals surface area (Å²) in [5, 5.41) is 13.7. The van der Waals surface area contributed by atoms with E-state index in [1.807, 2.05) is 38.1 Å². The number of aromatic hydroxyl groups is 1. The van der Waals surface area contributed by atoms with Crippen molar-refractivity contribution in [3.05, 3.63) is 48.2 Å². The molecule has 0 spiro atoms. The van der Waals surface area contributed by atoms with Gasteiger partial charge in [-0.15, -0.1) is 0 Å². The first-order chi connectivity index (χ1) is 14.3. The summed E-state index contributed by atoms with van der Waals surface area (Å²) in [5.41, 5.74) is 2.12. The Morgan fingerprint density at radius 1 is 1.13 bits per heavy atom. The van der Waals surface area contributed by atoms with E-state index in [2.05, 4.69) is 5.32 Å². The number of nitrogens with zero attached hydrogens (tertiary/aromatic N) is 1. The Morgan fingerprint density at radius 3 is 2.43 bits per heavy atom. The van der Waals surface area contributed by atoms with Crippen molar-refractivity contribution in [3.63, 3.8) is 0 Å². The number of benzene rings is 2. The zero-order valence-electron chi connectivity index (χ0n) is 17.6. The average Bonchev–Trinajstić information content (AvgIpc) is 3.00. The number of carbonyl (C=O) groups is 2. The molecule has 30 heavy (non-hydrogen) atoms. The molecule has 1 heterocycles. The molecule has 2 aromatic carbocycles. The van der Waals surface area contributed by atoms with E-state index in [0.29, 0.717) is 16.6 Å². The molecule has 7 heteroatoms. The molecule has 0 aliphatic rings. The van der Waals surface area contributed by atoms with Crippen molar-refractivity contribution >= 4 is 28.3 Å². The Kier molecular flexibility index (Phi) is 6.30. The van der Waals surface area contributed by atoms with Crippen LogP contribution in [0.15, 0.2) is 42.5 Å². The SMILES string of the molecule is CCOC(=O)c1c(NCC(C)=O)c2cc(O)ccc2n1-c1ccc(OC(C)C)cc1. The van der Waals surface area contributed by atoms with Crippen LogP contribution in [0.5, 0.6) is 11.5 Å². The largest absolute Gasteiger partial charge is 0.508 e. The van der Waals surface area contributed by atoms with E-state index < -0.39 is 5.97 Å². The molecule has 0 aliphatic heterocycles. The number of hydrogen-bond acceptors (Lipinski definition) is 6. The van der Waals surface area contributed by atoms with Crippen LogP contribution >= 0.6 is 0 Å². The molecule has 2 N–H and O–H groups in total. The van der Waals surface area contributed by atoms with Gasteiger partial charge in [-0.05, 0) is 70.2 Å². The van der Waals surface area contributed by atoms with Crippen LogP contribution in [0.2, 0.25) is 0 Å². The van der Waals surface area contributed by atoms with Crippen molar-refractivity contribution < 1.29 is 24.2 Å². The molecule has 0 saturated carbocycles. The summed E-state index contributed by atoms with van der Waals surface area (Å²) < 4.78 is 12.8. The summed E-state index contributed by atoms with van der Waals surface area (Å²) in [7, 11) is 0. The predicted octanol–water partition coefficient (Wildman–Crippen LogP) is 4.30. The topological polar surface area (TPSA) is 89.8 Å². The fourth-order valence-corrected chi connectivity index (χ4v) is 3.28. The molecular weight excluding hydrogens is 384 g/mol. The molecule has 0 bridgehead atoms. The molecular formula is C23H26N2O5.